The quantitative estimate of drug-likeness (QED) is 0.818. The van der Waals surface area contributed by atoms with Crippen LogP contribution in [-0.2, 0) is 4.79 Å². The Balaban J connectivity index is 1.94. The van der Waals surface area contributed by atoms with Gasteiger partial charge in [0, 0.05) is 17.1 Å². The Kier molecular flexibility index (Phi) is 5.31. The molecule has 1 aromatic rings. The van der Waals surface area contributed by atoms with Crippen molar-refractivity contribution in [2.24, 2.45) is 11.3 Å². The highest BCUT2D eigenvalue weighted by Crippen LogP contribution is 2.34. The molecule has 2 unspecified atom stereocenters. The summed E-state index contributed by atoms with van der Waals surface area (Å²) >= 11 is 3.45. The van der Waals surface area contributed by atoms with E-state index in [1.807, 2.05) is 29.2 Å². The summed E-state index contributed by atoms with van der Waals surface area (Å²) in [5.74, 6) is 1.37. The fraction of sp³-hybridized carbons (Fsp3) is 0.588. The summed E-state index contributed by atoms with van der Waals surface area (Å²) in [6.45, 7) is 8.02. The van der Waals surface area contributed by atoms with Gasteiger partial charge in [-0.05, 0) is 42.4 Å². The molecule has 0 aromatic heterocycles. The van der Waals surface area contributed by atoms with Gasteiger partial charge in [-0.25, -0.2) is 0 Å². The van der Waals surface area contributed by atoms with Crippen molar-refractivity contribution < 1.29 is 9.53 Å². The van der Waals surface area contributed by atoms with Gasteiger partial charge in [-0.2, -0.15) is 0 Å². The monoisotopic (exact) mass is 352 g/mol. The van der Waals surface area contributed by atoms with E-state index in [-0.39, 0.29) is 11.5 Å². The number of rotatable bonds is 4. The van der Waals surface area contributed by atoms with Crippen LogP contribution >= 0.6 is 15.9 Å². The molecule has 0 N–H and O–H groups in total. The maximum Gasteiger partial charge on any atom is 0.312 e. The summed E-state index contributed by atoms with van der Waals surface area (Å²) in [5.41, 5.74) is 0.0753. The van der Waals surface area contributed by atoms with Crippen molar-refractivity contribution in [2.75, 3.05) is 13.2 Å². The van der Waals surface area contributed by atoms with Gasteiger partial charge in [0.2, 0.25) is 0 Å². The molecule has 2 atom stereocenters. The lowest BCUT2D eigenvalue weighted by Crippen LogP contribution is -2.49. The van der Waals surface area contributed by atoms with Crippen molar-refractivity contribution in [3.8, 4) is 5.75 Å². The molecule has 1 radical (unpaired) electrons. The highest BCUT2D eigenvalue weighted by atomic mass is 79.9. The molecule has 1 fully saturated rings. The molecule has 21 heavy (non-hydrogen) atoms. The first-order valence-electron chi connectivity index (χ1n) is 7.43. The minimum Gasteiger partial charge on any atom is -0.493 e. The van der Waals surface area contributed by atoms with Crippen LogP contribution in [0.2, 0.25) is 0 Å². The summed E-state index contributed by atoms with van der Waals surface area (Å²) in [6, 6.07) is 8.15. The van der Waals surface area contributed by atoms with Gasteiger partial charge in [0.25, 0.3) is 0 Å². The van der Waals surface area contributed by atoms with Gasteiger partial charge in [0.15, 0.2) is 0 Å². The molecule has 0 saturated carbocycles. The number of nitrogens with zero attached hydrogens (tertiary/aromatic N) is 1. The van der Waals surface area contributed by atoms with Crippen molar-refractivity contribution in [3.63, 3.8) is 0 Å². The number of hydrogen-bond acceptors (Lipinski definition) is 2. The molecule has 1 amide bonds. The molecule has 115 valence electrons. The van der Waals surface area contributed by atoms with Crippen molar-refractivity contribution in [1.82, 2.24) is 4.90 Å². The van der Waals surface area contributed by atoms with Crippen LogP contribution < -0.4 is 4.74 Å². The predicted molar refractivity (Wildman–Crippen MR) is 88.0 cm³/mol. The van der Waals surface area contributed by atoms with E-state index in [1.165, 1.54) is 0 Å². The predicted octanol–water partition coefficient (Wildman–Crippen LogP) is 4.02. The lowest BCUT2D eigenvalue weighted by Gasteiger charge is -2.43. The van der Waals surface area contributed by atoms with Crippen molar-refractivity contribution >= 4 is 22.3 Å². The summed E-state index contributed by atoms with van der Waals surface area (Å²) in [4.78, 5) is 12.9. The molecule has 4 heteroatoms. The van der Waals surface area contributed by atoms with E-state index in [9.17, 15) is 4.79 Å². The molecule has 0 spiro atoms. The number of piperidine rings is 1. The van der Waals surface area contributed by atoms with Crippen LogP contribution in [0.3, 0.4) is 0 Å². The van der Waals surface area contributed by atoms with E-state index in [0.29, 0.717) is 12.5 Å². The van der Waals surface area contributed by atoms with Gasteiger partial charge in [-0.3, -0.25) is 4.79 Å². The van der Waals surface area contributed by atoms with Crippen LogP contribution in [0, 0.1) is 11.3 Å². The Hall–Kier alpha value is -1.03. The van der Waals surface area contributed by atoms with Gasteiger partial charge in [-0.15, -0.1) is 0 Å². The zero-order valence-corrected chi connectivity index (χ0v) is 14.5. The number of amides is 1. The molecule has 1 heterocycles. The average molecular weight is 353 g/mol. The highest BCUT2D eigenvalue weighted by molar-refractivity contribution is 9.10. The van der Waals surface area contributed by atoms with Crippen LogP contribution in [-0.4, -0.2) is 30.5 Å². The fourth-order valence-electron chi connectivity index (χ4n) is 2.89. The van der Waals surface area contributed by atoms with Gasteiger partial charge in [0.1, 0.15) is 5.75 Å². The molecule has 2 rings (SSSR count). The normalized spacial score (nSPS) is 23.0. The van der Waals surface area contributed by atoms with Gasteiger partial charge in [-0.1, -0.05) is 42.8 Å². The number of hydrogen-bond donors (Lipinski definition) is 0. The fourth-order valence-corrected chi connectivity index (χ4v) is 3.27. The Morgan fingerprint density at radius 2 is 2.19 bits per heavy atom. The molecule has 1 aliphatic rings. The molecule has 0 aliphatic carbocycles. The molecule has 1 saturated heterocycles. The Labute approximate surface area is 135 Å². The second-order valence-electron chi connectivity index (χ2n) is 6.83. The third-order valence-electron chi connectivity index (χ3n) is 4.11. The maximum atomic E-state index is 11.1. The topological polar surface area (TPSA) is 29.5 Å². The lowest BCUT2D eigenvalue weighted by atomic mass is 9.77. The second-order valence-corrected chi connectivity index (χ2v) is 7.74. The minimum atomic E-state index is 0.0753. The van der Waals surface area contributed by atoms with Crippen LogP contribution in [0.25, 0.3) is 0 Å². The Morgan fingerprint density at radius 3 is 2.81 bits per heavy atom. The Bertz CT molecular complexity index is 484. The first-order chi connectivity index (χ1) is 9.90. The van der Waals surface area contributed by atoms with Crippen LogP contribution in [0.4, 0.5) is 0 Å². The maximum absolute atomic E-state index is 11.1. The first-order valence-corrected chi connectivity index (χ1v) is 8.22. The molecule has 1 aliphatic heterocycles. The van der Waals surface area contributed by atoms with Crippen molar-refractivity contribution in [2.45, 2.75) is 39.7 Å². The number of likely N-dealkylation sites (tertiary alicyclic amines) is 1. The summed E-state index contributed by atoms with van der Waals surface area (Å²) in [7, 11) is 0. The molecular formula is C17H23BrNO2. The van der Waals surface area contributed by atoms with Gasteiger partial charge >= 0.3 is 6.41 Å². The minimum absolute atomic E-state index is 0.0753. The smallest absolute Gasteiger partial charge is 0.312 e. The van der Waals surface area contributed by atoms with E-state index in [2.05, 4.69) is 43.1 Å². The SMILES string of the molecule is CC(C)(C)C1CC(COc2cccc(Br)c2)CCN1[C]=O. The molecule has 0 bridgehead atoms. The highest BCUT2D eigenvalue weighted by Gasteiger charge is 2.36. The summed E-state index contributed by atoms with van der Waals surface area (Å²) in [6.07, 6.45) is 4.06. The Morgan fingerprint density at radius 1 is 1.43 bits per heavy atom. The average Bonchev–Trinajstić information content (AvgIpc) is 2.44. The number of carbonyl (C=O) groups excluding carboxylic acids is 1. The summed E-state index contributed by atoms with van der Waals surface area (Å²) in [5, 5.41) is 0. The second kappa shape index (κ2) is 6.82. The van der Waals surface area contributed by atoms with Crippen LogP contribution in [0.5, 0.6) is 5.75 Å². The van der Waals surface area contributed by atoms with E-state index in [1.54, 1.807) is 0 Å². The van der Waals surface area contributed by atoms with Crippen molar-refractivity contribution in [3.05, 3.63) is 28.7 Å². The standard InChI is InChI=1S/C17H23BrNO2/c1-17(2,3)16-9-13(7-8-19(16)12-20)11-21-15-6-4-5-14(18)10-15/h4-6,10,13,16H,7-9,11H2,1-3H3. The number of benzene rings is 1. The number of ether oxygens (including phenoxy) is 1. The van der Waals surface area contributed by atoms with Crippen LogP contribution in [0.15, 0.2) is 28.7 Å². The zero-order valence-electron chi connectivity index (χ0n) is 12.9. The molecule has 1 aromatic carbocycles. The molecule has 3 nitrogen and oxygen atoms in total. The lowest BCUT2D eigenvalue weighted by molar-refractivity contribution is 0.0711. The van der Waals surface area contributed by atoms with Crippen LogP contribution in [0.1, 0.15) is 33.6 Å². The van der Waals surface area contributed by atoms with E-state index in [4.69, 9.17) is 4.74 Å². The van der Waals surface area contributed by atoms with Crippen molar-refractivity contribution in [1.29, 1.82) is 0 Å². The zero-order chi connectivity index (χ0) is 15.5. The number of halogens is 1. The largest absolute Gasteiger partial charge is 0.493 e. The first kappa shape index (κ1) is 16.3. The van der Waals surface area contributed by atoms with Gasteiger partial charge < -0.3 is 9.64 Å². The van der Waals surface area contributed by atoms with Gasteiger partial charge in [0.05, 0.1) is 6.61 Å². The third kappa shape index (κ3) is 4.47. The van der Waals surface area contributed by atoms with E-state index >= 15 is 0 Å². The third-order valence-corrected chi connectivity index (χ3v) is 4.60. The molecular weight excluding hydrogens is 330 g/mol. The summed E-state index contributed by atoms with van der Waals surface area (Å²) < 4.78 is 6.94. The van der Waals surface area contributed by atoms with E-state index in [0.717, 1.165) is 29.6 Å². The van der Waals surface area contributed by atoms with E-state index < -0.39 is 0 Å².